The minimum Gasteiger partial charge on any atom is -0.508 e. The second-order valence-electron chi connectivity index (χ2n) is 7.58. The molecule has 1 aromatic carbocycles. The molecule has 0 bridgehead atoms. The van der Waals surface area contributed by atoms with Crippen LogP contribution in [0.25, 0.3) is 0 Å². The molecule has 1 aromatic rings. The molecule has 0 amide bonds. The van der Waals surface area contributed by atoms with Gasteiger partial charge in [-0.3, -0.25) is 0 Å². The number of benzene rings is 1. The van der Waals surface area contributed by atoms with Gasteiger partial charge in [-0.1, -0.05) is 13.0 Å². The van der Waals surface area contributed by atoms with E-state index in [1.807, 2.05) is 19.2 Å². The number of hydrogen-bond donors (Lipinski definition) is 2. The molecule has 2 fully saturated rings. The Hall–Kier alpha value is -1.51. The Labute approximate surface area is 132 Å². The van der Waals surface area contributed by atoms with E-state index in [1.54, 1.807) is 0 Å². The topological polar surface area (TPSA) is 44.6 Å². The standard InChI is InChI=1S/C19H26N2O/c1-19-10-9-15-14-6-4-13(22)11-12(14)3-5-16(15)17(19)7-8-18(19)21-20-2/h4,6,11,15-17,20,22H,3,5,7-10H2,1-2H3/t15?,16?,17?,19-/m0/s1. The molecule has 0 aromatic heterocycles. The van der Waals surface area contributed by atoms with Crippen molar-refractivity contribution in [3.8, 4) is 5.75 Å². The van der Waals surface area contributed by atoms with Gasteiger partial charge >= 0.3 is 0 Å². The van der Waals surface area contributed by atoms with Gasteiger partial charge in [0.15, 0.2) is 0 Å². The molecule has 3 aliphatic carbocycles. The maximum Gasteiger partial charge on any atom is 0.115 e. The minimum absolute atomic E-state index is 0.304. The van der Waals surface area contributed by atoms with Crippen LogP contribution in [0.5, 0.6) is 5.75 Å². The first kappa shape index (κ1) is 14.1. The molecule has 22 heavy (non-hydrogen) atoms. The monoisotopic (exact) mass is 298 g/mol. The third kappa shape index (κ3) is 1.90. The van der Waals surface area contributed by atoms with Crippen molar-refractivity contribution in [3.05, 3.63) is 29.3 Å². The number of phenolic OH excluding ortho intramolecular Hbond substituents is 1. The first-order valence-electron chi connectivity index (χ1n) is 8.69. The second-order valence-corrected chi connectivity index (χ2v) is 7.58. The lowest BCUT2D eigenvalue weighted by atomic mass is 9.55. The van der Waals surface area contributed by atoms with Crippen LogP contribution < -0.4 is 5.43 Å². The lowest BCUT2D eigenvalue weighted by Crippen LogP contribution is -2.42. The Morgan fingerprint density at radius 3 is 2.91 bits per heavy atom. The number of hydrogen-bond acceptors (Lipinski definition) is 3. The summed E-state index contributed by atoms with van der Waals surface area (Å²) >= 11 is 0. The summed E-state index contributed by atoms with van der Waals surface area (Å²) in [5, 5.41) is 14.4. The van der Waals surface area contributed by atoms with Crippen molar-refractivity contribution < 1.29 is 5.11 Å². The Bertz CT molecular complexity index is 624. The molecule has 0 radical (unpaired) electrons. The highest BCUT2D eigenvalue weighted by Gasteiger charge is 2.53. The largest absolute Gasteiger partial charge is 0.508 e. The van der Waals surface area contributed by atoms with Crippen LogP contribution in [0, 0.1) is 17.3 Å². The van der Waals surface area contributed by atoms with Crippen LogP contribution in [-0.4, -0.2) is 17.9 Å². The number of nitrogens with zero attached hydrogens (tertiary/aromatic N) is 1. The third-order valence-electron chi connectivity index (χ3n) is 6.70. The predicted molar refractivity (Wildman–Crippen MR) is 89.2 cm³/mol. The van der Waals surface area contributed by atoms with E-state index in [0.29, 0.717) is 17.1 Å². The molecule has 4 rings (SSSR count). The van der Waals surface area contributed by atoms with E-state index in [9.17, 15) is 5.11 Å². The van der Waals surface area contributed by atoms with Crippen LogP contribution in [0.1, 0.15) is 56.1 Å². The number of hydrazone groups is 1. The summed E-state index contributed by atoms with van der Waals surface area (Å²) in [6, 6.07) is 6.04. The van der Waals surface area contributed by atoms with E-state index in [0.717, 1.165) is 24.7 Å². The highest BCUT2D eigenvalue weighted by Crippen LogP contribution is 2.59. The molecule has 2 N–H and O–H groups in total. The Kier molecular flexibility index (Phi) is 3.21. The maximum atomic E-state index is 9.75. The molecule has 0 saturated heterocycles. The molecular formula is C19H26N2O. The van der Waals surface area contributed by atoms with Crippen LogP contribution in [0.4, 0.5) is 0 Å². The average molecular weight is 298 g/mol. The number of phenols is 1. The fourth-order valence-electron chi connectivity index (χ4n) is 5.68. The second kappa shape index (κ2) is 5.00. The van der Waals surface area contributed by atoms with Crippen LogP contribution in [0.15, 0.2) is 23.3 Å². The molecule has 4 atom stereocenters. The first-order valence-corrected chi connectivity index (χ1v) is 8.69. The quantitative estimate of drug-likeness (QED) is 0.774. The average Bonchev–Trinajstić information content (AvgIpc) is 2.84. The lowest BCUT2D eigenvalue weighted by molar-refractivity contribution is 0.0954. The molecule has 3 aliphatic rings. The summed E-state index contributed by atoms with van der Waals surface area (Å²) in [5.74, 6) is 2.68. The number of fused-ring (bicyclic) bond motifs is 5. The summed E-state index contributed by atoms with van der Waals surface area (Å²) in [5.41, 5.74) is 7.62. The Morgan fingerprint density at radius 2 is 2.09 bits per heavy atom. The van der Waals surface area contributed by atoms with E-state index in [4.69, 9.17) is 0 Å². The van der Waals surface area contributed by atoms with Gasteiger partial charge in [-0.05, 0) is 79.5 Å². The highest BCUT2D eigenvalue weighted by atomic mass is 16.3. The molecule has 0 spiro atoms. The van der Waals surface area contributed by atoms with Gasteiger partial charge in [-0.15, -0.1) is 0 Å². The van der Waals surface area contributed by atoms with Gasteiger partial charge in [-0.25, -0.2) is 0 Å². The molecular weight excluding hydrogens is 272 g/mol. The predicted octanol–water partition coefficient (Wildman–Crippen LogP) is 3.82. The summed E-state index contributed by atoms with van der Waals surface area (Å²) in [6.45, 7) is 2.45. The van der Waals surface area contributed by atoms with E-state index in [-0.39, 0.29) is 0 Å². The maximum absolute atomic E-state index is 9.75. The summed E-state index contributed by atoms with van der Waals surface area (Å²) in [7, 11) is 1.92. The van der Waals surface area contributed by atoms with Crippen LogP contribution in [-0.2, 0) is 6.42 Å². The van der Waals surface area contributed by atoms with Crippen molar-refractivity contribution in [2.75, 3.05) is 7.05 Å². The first-order chi connectivity index (χ1) is 10.6. The fraction of sp³-hybridized carbons (Fsp3) is 0.632. The number of aryl methyl sites for hydroxylation is 1. The van der Waals surface area contributed by atoms with E-state index in [1.165, 1.54) is 42.5 Å². The number of aromatic hydroxyl groups is 1. The number of rotatable bonds is 1. The van der Waals surface area contributed by atoms with Gasteiger partial charge in [0.2, 0.25) is 0 Å². The lowest BCUT2D eigenvalue weighted by Gasteiger charge is -2.49. The molecule has 3 nitrogen and oxygen atoms in total. The van der Waals surface area contributed by atoms with Gasteiger partial charge in [0.05, 0.1) is 0 Å². The molecule has 2 saturated carbocycles. The molecule has 0 heterocycles. The van der Waals surface area contributed by atoms with E-state index < -0.39 is 0 Å². The summed E-state index contributed by atoms with van der Waals surface area (Å²) < 4.78 is 0. The zero-order valence-electron chi connectivity index (χ0n) is 13.6. The van der Waals surface area contributed by atoms with Crippen LogP contribution in [0.3, 0.4) is 0 Å². The third-order valence-corrected chi connectivity index (χ3v) is 6.70. The van der Waals surface area contributed by atoms with Gasteiger partial charge in [0.1, 0.15) is 5.75 Å². The Morgan fingerprint density at radius 1 is 1.23 bits per heavy atom. The van der Waals surface area contributed by atoms with Gasteiger partial charge in [0, 0.05) is 18.2 Å². The van der Waals surface area contributed by atoms with Crippen molar-refractivity contribution in [3.63, 3.8) is 0 Å². The van der Waals surface area contributed by atoms with Crippen molar-refractivity contribution >= 4 is 5.71 Å². The summed E-state index contributed by atoms with van der Waals surface area (Å²) in [6.07, 6.45) is 7.36. The zero-order chi connectivity index (χ0) is 15.3. The number of nitrogens with one attached hydrogen (secondary N) is 1. The van der Waals surface area contributed by atoms with Crippen molar-refractivity contribution in [2.24, 2.45) is 22.4 Å². The van der Waals surface area contributed by atoms with Crippen LogP contribution >= 0.6 is 0 Å². The minimum atomic E-state index is 0.304. The van der Waals surface area contributed by atoms with E-state index in [2.05, 4.69) is 23.5 Å². The van der Waals surface area contributed by atoms with Gasteiger partial charge in [0.25, 0.3) is 0 Å². The Balaban J connectivity index is 1.69. The van der Waals surface area contributed by atoms with Gasteiger partial charge in [-0.2, -0.15) is 5.10 Å². The molecule has 3 heteroatoms. The highest BCUT2D eigenvalue weighted by molar-refractivity contribution is 5.92. The van der Waals surface area contributed by atoms with Crippen molar-refractivity contribution in [2.45, 2.75) is 51.4 Å². The molecule has 3 unspecified atom stereocenters. The zero-order valence-corrected chi connectivity index (χ0v) is 13.6. The fourth-order valence-corrected chi connectivity index (χ4v) is 5.68. The molecule has 118 valence electrons. The van der Waals surface area contributed by atoms with Crippen molar-refractivity contribution in [1.82, 2.24) is 5.43 Å². The van der Waals surface area contributed by atoms with Crippen LogP contribution in [0.2, 0.25) is 0 Å². The normalized spacial score (nSPS) is 38.3. The SMILES string of the molecule is CNN=C1CCC2C3CCc4cc(O)ccc4C3CC[C@]12C. The smallest absolute Gasteiger partial charge is 0.115 e. The van der Waals surface area contributed by atoms with Crippen molar-refractivity contribution in [1.29, 1.82) is 0 Å². The van der Waals surface area contributed by atoms with E-state index >= 15 is 0 Å². The molecule has 0 aliphatic heterocycles. The summed E-state index contributed by atoms with van der Waals surface area (Å²) in [4.78, 5) is 0. The van der Waals surface area contributed by atoms with Gasteiger partial charge < -0.3 is 10.5 Å².